The van der Waals surface area contributed by atoms with Gasteiger partial charge in [-0.2, -0.15) is 0 Å². The number of halogens is 3. The van der Waals surface area contributed by atoms with Crippen LogP contribution >= 0.6 is 34.8 Å². The van der Waals surface area contributed by atoms with Gasteiger partial charge in [0.25, 0.3) is 11.1 Å². The number of aryl methyl sites for hydroxylation is 2. The summed E-state index contributed by atoms with van der Waals surface area (Å²) in [5.74, 6) is -0.644. The van der Waals surface area contributed by atoms with Gasteiger partial charge in [0.15, 0.2) is 0 Å². The summed E-state index contributed by atoms with van der Waals surface area (Å²) in [6.07, 6.45) is 3.13. The van der Waals surface area contributed by atoms with E-state index in [1.54, 1.807) is 99.0 Å². The highest BCUT2D eigenvalue weighted by Crippen LogP contribution is 2.23. The lowest BCUT2D eigenvalue weighted by molar-refractivity contribution is 0.582. The van der Waals surface area contributed by atoms with Gasteiger partial charge in [0.2, 0.25) is 29.7 Å². The highest BCUT2D eigenvalue weighted by atomic mass is 35.5. The van der Waals surface area contributed by atoms with E-state index in [2.05, 4.69) is 9.97 Å². The van der Waals surface area contributed by atoms with Gasteiger partial charge in [-0.25, -0.2) is 26.8 Å². The molecule has 0 aliphatic rings. The van der Waals surface area contributed by atoms with Gasteiger partial charge in [0.1, 0.15) is 0 Å². The van der Waals surface area contributed by atoms with Crippen molar-refractivity contribution in [1.29, 1.82) is 0 Å². The average molecular weight is 812 g/mol. The Balaban J connectivity index is 0.000000204. The van der Waals surface area contributed by atoms with Crippen molar-refractivity contribution >= 4 is 54.5 Å². The third-order valence-corrected chi connectivity index (χ3v) is 11.8. The largest absolute Gasteiger partial charge is 0.311 e. The van der Waals surface area contributed by atoms with Gasteiger partial charge in [-0.05, 0) is 61.4 Å². The number of nitrogens with zero attached hydrogens (tertiary/aromatic N) is 4. The van der Waals surface area contributed by atoms with Crippen LogP contribution < -0.4 is 11.1 Å². The first-order valence-electron chi connectivity index (χ1n) is 16.2. The molecule has 15 heteroatoms. The maximum atomic E-state index is 12.9. The zero-order chi connectivity index (χ0) is 38.3. The number of hydrogen-bond donors (Lipinski definition) is 0. The molecular formula is C38H33Cl3N4O6S2. The lowest BCUT2D eigenvalue weighted by atomic mass is 10.2. The van der Waals surface area contributed by atoms with E-state index >= 15 is 0 Å². The van der Waals surface area contributed by atoms with Crippen LogP contribution in [-0.2, 0) is 44.3 Å². The molecule has 0 amide bonds. The van der Waals surface area contributed by atoms with Crippen molar-refractivity contribution in [2.75, 3.05) is 0 Å². The zero-order valence-electron chi connectivity index (χ0n) is 28.5. The first kappa shape index (κ1) is 39.6. The molecule has 0 atom stereocenters. The van der Waals surface area contributed by atoms with Crippen molar-refractivity contribution in [2.45, 2.75) is 48.5 Å². The topological polar surface area (TPSA) is 138 Å². The highest BCUT2D eigenvalue weighted by Gasteiger charge is 2.25. The Bertz CT molecular complexity index is 2560. The van der Waals surface area contributed by atoms with Gasteiger partial charge >= 0.3 is 0 Å². The highest BCUT2D eigenvalue weighted by molar-refractivity contribution is 7.90. The molecule has 4 aromatic carbocycles. The van der Waals surface area contributed by atoms with Gasteiger partial charge in [-0.1, -0.05) is 102 Å². The summed E-state index contributed by atoms with van der Waals surface area (Å²) in [6.45, 7) is 4.23. The Labute approximate surface area is 322 Å². The molecule has 0 radical (unpaired) electrons. The second kappa shape index (κ2) is 17.0. The van der Waals surface area contributed by atoms with E-state index in [1.807, 2.05) is 30.3 Å². The maximum absolute atomic E-state index is 12.9. The summed E-state index contributed by atoms with van der Waals surface area (Å²) in [6, 6.07) is 28.9. The van der Waals surface area contributed by atoms with Crippen LogP contribution in [0.3, 0.4) is 0 Å². The quantitative estimate of drug-likeness (QED) is 0.137. The smallest absolute Gasteiger partial charge is 0.288 e. The minimum Gasteiger partial charge on any atom is -0.311 e. The van der Waals surface area contributed by atoms with Crippen LogP contribution in [0.5, 0.6) is 0 Å². The zero-order valence-corrected chi connectivity index (χ0v) is 32.4. The Morgan fingerprint density at radius 2 is 0.849 bits per heavy atom. The molecule has 0 unspecified atom stereocenters. The van der Waals surface area contributed by atoms with E-state index in [9.17, 15) is 26.4 Å². The van der Waals surface area contributed by atoms with Crippen molar-refractivity contribution in [1.82, 2.24) is 19.1 Å². The molecule has 0 aliphatic heterocycles. The second-order valence-corrected chi connectivity index (χ2v) is 16.8. The summed E-state index contributed by atoms with van der Waals surface area (Å²) in [4.78, 5) is 33.5. The van der Waals surface area contributed by atoms with Gasteiger partial charge in [-0.3, -0.25) is 9.59 Å². The first-order valence-corrected chi connectivity index (χ1v) is 20.6. The fourth-order valence-electron chi connectivity index (χ4n) is 5.15. The Kier molecular flexibility index (Phi) is 12.7. The fourth-order valence-corrected chi connectivity index (χ4v) is 8.31. The third-order valence-electron chi connectivity index (χ3n) is 7.91. The predicted octanol–water partition coefficient (Wildman–Crippen LogP) is 7.77. The lowest BCUT2D eigenvalue weighted by Gasteiger charge is -2.10. The third kappa shape index (κ3) is 9.89. The molecule has 0 saturated heterocycles. The minimum absolute atomic E-state index is 0.311. The molecule has 0 spiro atoms. The lowest BCUT2D eigenvalue weighted by Crippen LogP contribution is -2.28. The van der Waals surface area contributed by atoms with E-state index < -0.39 is 40.8 Å². The molecule has 6 rings (SSSR count). The molecule has 2 aromatic heterocycles. The normalized spacial score (nSPS) is 11.5. The molecule has 0 aliphatic carbocycles. The fraction of sp³-hybridized carbons (Fsp3) is 0.158. The Morgan fingerprint density at radius 3 is 1.21 bits per heavy atom. The van der Waals surface area contributed by atoms with Crippen LogP contribution in [0, 0.1) is 0 Å². The molecule has 274 valence electrons. The standard InChI is InChI=1S/C19H16Cl2N2O3S.C19H17ClN2O3S/c1-2-23-11-17(14-5-9-16(21)10-6-14)22-18(19(23)24)27(25,26)12-13-3-7-15(20)8-4-13;1-2-22-12-17(15-6-4-3-5-7-15)21-18(19(22)23)26(24,25)13-14-8-10-16(20)11-9-14/h3-11H,2,12H2,1H3;3-12H,2,13H2,1H3. The van der Waals surface area contributed by atoms with E-state index in [1.165, 1.54) is 9.13 Å². The molecular weight excluding hydrogens is 779 g/mol. The van der Waals surface area contributed by atoms with Crippen LogP contribution in [-0.4, -0.2) is 35.9 Å². The van der Waals surface area contributed by atoms with Crippen LogP contribution in [0.1, 0.15) is 25.0 Å². The van der Waals surface area contributed by atoms with Crippen molar-refractivity contribution in [3.63, 3.8) is 0 Å². The summed E-state index contributed by atoms with van der Waals surface area (Å²) in [5.41, 5.74) is 2.08. The maximum Gasteiger partial charge on any atom is 0.288 e. The molecule has 0 fully saturated rings. The second-order valence-electron chi connectivity index (χ2n) is 11.7. The molecule has 10 nitrogen and oxygen atoms in total. The van der Waals surface area contributed by atoms with Crippen molar-refractivity contribution in [2.24, 2.45) is 0 Å². The molecule has 6 aromatic rings. The Hall–Kier alpha value is -4.59. The van der Waals surface area contributed by atoms with Crippen molar-refractivity contribution in [3.05, 3.63) is 162 Å². The van der Waals surface area contributed by atoms with Gasteiger partial charge < -0.3 is 9.13 Å². The Morgan fingerprint density at radius 1 is 0.509 bits per heavy atom. The van der Waals surface area contributed by atoms with Crippen LogP contribution in [0.4, 0.5) is 0 Å². The first-order chi connectivity index (χ1) is 25.2. The summed E-state index contributed by atoms with van der Waals surface area (Å²) in [7, 11) is -7.85. The summed E-state index contributed by atoms with van der Waals surface area (Å²) >= 11 is 17.6. The molecule has 0 N–H and O–H groups in total. The van der Waals surface area contributed by atoms with Gasteiger partial charge in [-0.15, -0.1) is 0 Å². The van der Waals surface area contributed by atoms with Crippen LogP contribution in [0.25, 0.3) is 22.5 Å². The van der Waals surface area contributed by atoms with E-state index in [4.69, 9.17) is 34.8 Å². The average Bonchev–Trinajstić information content (AvgIpc) is 3.14. The summed E-state index contributed by atoms with van der Waals surface area (Å²) in [5, 5.41) is 0.677. The number of hydrogen-bond acceptors (Lipinski definition) is 8. The number of aromatic nitrogens is 4. The number of benzene rings is 4. The van der Waals surface area contributed by atoms with Crippen molar-refractivity contribution < 1.29 is 16.8 Å². The van der Waals surface area contributed by atoms with Gasteiger partial charge in [0.05, 0.1) is 22.9 Å². The summed E-state index contributed by atoms with van der Waals surface area (Å²) < 4.78 is 54.2. The molecule has 53 heavy (non-hydrogen) atoms. The van der Waals surface area contributed by atoms with Crippen LogP contribution in [0.15, 0.2) is 135 Å². The molecule has 0 saturated carbocycles. The predicted molar refractivity (Wildman–Crippen MR) is 209 cm³/mol. The molecule has 2 heterocycles. The van der Waals surface area contributed by atoms with E-state index in [0.717, 1.165) is 5.56 Å². The van der Waals surface area contributed by atoms with E-state index in [-0.39, 0.29) is 11.5 Å². The number of sulfone groups is 2. The SMILES string of the molecule is CCn1cc(-c2ccc(Cl)cc2)nc(S(=O)(=O)Cc2ccc(Cl)cc2)c1=O.CCn1cc(-c2ccccc2)nc(S(=O)(=O)Cc2ccc(Cl)cc2)c1=O. The molecule has 0 bridgehead atoms. The number of rotatable bonds is 10. The van der Waals surface area contributed by atoms with Crippen LogP contribution in [0.2, 0.25) is 15.1 Å². The van der Waals surface area contributed by atoms with Gasteiger partial charge in [0, 0.05) is 51.7 Å². The monoisotopic (exact) mass is 810 g/mol. The van der Waals surface area contributed by atoms with Crippen molar-refractivity contribution in [3.8, 4) is 22.5 Å². The minimum atomic E-state index is -3.94. The van der Waals surface area contributed by atoms with E-state index in [0.29, 0.717) is 56.2 Å².